The number of aliphatic carboxylic acids is 1. The van der Waals surface area contributed by atoms with Crippen molar-refractivity contribution in [3.63, 3.8) is 0 Å². The maximum atomic E-state index is 10.5. The third kappa shape index (κ3) is 1.70. The Hall–Kier alpha value is -1.51. The number of allylic oxidation sites excluding steroid dienone is 4. The molecular weight excluding hydrogens is 142 g/mol. The van der Waals surface area contributed by atoms with Gasteiger partial charge in [0.2, 0.25) is 0 Å². The molecule has 0 saturated carbocycles. The zero-order valence-corrected chi connectivity index (χ0v) is 6.16. The van der Waals surface area contributed by atoms with E-state index < -0.39 is 5.97 Å². The van der Waals surface area contributed by atoms with Crippen molar-refractivity contribution in [2.24, 2.45) is 0 Å². The minimum absolute atomic E-state index is 0.231. The van der Waals surface area contributed by atoms with Crippen molar-refractivity contribution < 1.29 is 9.90 Å². The van der Waals surface area contributed by atoms with Gasteiger partial charge >= 0.3 is 5.97 Å². The van der Waals surface area contributed by atoms with Crippen LogP contribution in [-0.2, 0) is 4.79 Å². The molecule has 0 aliphatic carbocycles. The van der Waals surface area contributed by atoms with Crippen molar-refractivity contribution in [1.82, 2.24) is 5.32 Å². The molecule has 0 aromatic rings. The highest BCUT2D eigenvalue weighted by atomic mass is 16.4. The van der Waals surface area contributed by atoms with Crippen LogP contribution in [0.1, 0.15) is 6.92 Å². The monoisotopic (exact) mass is 151 g/mol. The van der Waals surface area contributed by atoms with E-state index in [-0.39, 0.29) is 5.70 Å². The first-order valence-electron chi connectivity index (χ1n) is 3.26. The average Bonchev–Trinajstić information content (AvgIpc) is 2.13. The molecule has 3 heteroatoms. The van der Waals surface area contributed by atoms with Crippen LogP contribution in [0.15, 0.2) is 35.7 Å². The number of rotatable bonds is 1. The maximum Gasteiger partial charge on any atom is 0.352 e. The van der Waals surface area contributed by atoms with Crippen molar-refractivity contribution >= 4 is 5.97 Å². The molecule has 0 radical (unpaired) electrons. The summed E-state index contributed by atoms with van der Waals surface area (Å²) in [5.41, 5.74) is 0.956. The van der Waals surface area contributed by atoms with Gasteiger partial charge in [0.25, 0.3) is 0 Å². The lowest BCUT2D eigenvalue weighted by Gasteiger charge is -2.01. The molecule has 0 aromatic carbocycles. The number of hydrogen-bond acceptors (Lipinski definition) is 2. The summed E-state index contributed by atoms with van der Waals surface area (Å²) in [4.78, 5) is 10.5. The minimum Gasteiger partial charge on any atom is -0.477 e. The molecule has 0 spiro atoms. The minimum atomic E-state index is -0.932. The van der Waals surface area contributed by atoms with E-state index in [1.165, 1.54) is 0 Å². The summed E-state index contributed by atoms with van der Waals surface area (Å²) in [5, 5.41) is 11.3. The van der Waals surface area contributed by atoms with Gasteiger partial charge in [-0.05, 0) is 18.6 Å². The smallest absolute Gasteiger partial charge is 0.352 e. The van der Waals surface area contributed by atoms with Gasteiger partial charge in [-0.1, -0.05) is 12.2 Å². The topological polar surface area (TPSA) is 49.3 Å². The highest BCUT2D eigenvalue weighted by molar-refractivity contribution is 5.87. The maximum absolute atomic E-state index is 10.5. The van der Waals surface area contributed by atoms with E-state index in [2.05, 4.69) is 5.32 Å². The second kappa shape index (κ2) is 3.05. The van der Waals surface area contributed by atoms with Gasteiger partial charge in [-0.25, -0.2) is 4.79 Å². The average molecular weight is 151 g/mol. The summed E-state index contributed by atoms with van der Waals surface area (Å²) >= 11 is 0. The van der Waals surface area contributed by atoms with Crippen LogP contribution in [-0.4, -0.2) is 11.1 Å². The molecule has 0 amide bonds. The Bertz CT molecular complexity index is 261. The van der Waals surface area contributed by atoms with E-state index in [1.807, 2.05) is 0 Å². The second-order valence-electron chi connectivity index (χ2n) is 2.23. The van der Waals surface area contributed by atoms with Gasteiger partial charge in [-0.3, -0.25) is 0 Å². The van der Waals surface area contributed by atoms with Crippen LogP contribution < -0.4 is 5.32 Å². The molecule has 0 bridgehead atoms. The zero-order valence-electron chi connectivity index (χ0n) is 6.16. The molecule has 0 atom stereocenters. The van der Waals surface area contributed by atoms with Gasteiger partial charge in [-0.2, -0.15) is 0 Å². The van der Waals surface area contributed by atoms with Crippen LogP contribution in [0.25, 0.3) is 0 Å². The normalized spacial score (nSPS) is 16.1. The van der Waals surface area contributed by atoms with E-state index in [9.17, 15) is 4.79 Å². The first-order chi connectivity index (χ1) is 5.22. The van der Waals surface area contributed by atoms with Crippen LogP contribution in [0.2, 0.25) is 0 Å². The molecule has 2 N–H and O–H groups in total. The van der Waals surface area contributed by atoms with Crippen molar-refractivity contribution in [3.8, 4) is 0 Å². The van der Waals surface area contributed by atoms with Gasteiger partial charge < -0.3 is 10.4 Å². The van der Waals surface area contributed by atoms with E-state index >= 15 is 0 Å². The summed E-state index contributed by atoms with van der Waals surface area (Å²) in [7, 11) is 0. The molecule has 1 aliphatic rings. The largest absolute Gasteiger partial charge is 0.477 e. The molecule has 11 heavy (non-hydrogen) atoms. The van der Waals surface area contributed by atoms with Gasteiger partial charge in [0.1, 0.15) is 5.70 Å². The number of nitrogens with one attached hydrogen (secondary N) is 1. The third-order valence-electron chi connectivity index (χ3n) is 1.39. The number of carbonyl (C=O) groups is 1. The fourth-order valence-corrected chi connectivity index (χ4v) is 0.814. The number of carboxylic acids is 1. The standard InChI is InChI=1S/C8H9NO2/c1-6-4-2-3-5-9-7(6)8(10)11/h2-5,9H,1H3,(H,10,11). The summed E-state index contributed by atoms with van der Waals surface area (Å²) in [6.07, 6.45) is 6.88. The summed E-state index contributed by atoms with van der Waals surface area (Å²) in [6, 6.07) is 0. The van der Waals surface area contributed by atoms with Gasteiger partial charge in [-0.15, -0.1) is 0 Å². The van der Waals surface area contributed by atoms with E-state index in [0.717, 1.165) is 5.57 Å². The Morgan fingerprint density at radius 2 is 2.27 bits per heavy atom. The van der Waals surface area contributed by atoms with Crippen molar-refractivity contribution in [2.45, 2.75) is 6.92 Å². The predicted octanol–water partition coefficient (Wildman–Crippen LogP) is 1.02. The Labute approximate surface area is 64.7 Å². The molecular formula is C8H9NO2. The van der Waals surface area contributed by atoms with Crippen LogP contribution in [0, 0.1) is 0 Å². The highest BCUT2D eigenvalue weighted by Gasteiger charge is 2.08. The first kappa shape index (κ1) is 7.60. The third-order valence-corrected chi connectivity index (χ3v) is 1.39. The summed E-state index contributed by atoms with van der Waals surface area (Å²) < 4.78 is 0. The van der Waals surface area contributed by atoms with E-state index in [1.54, 1.807) is 31.4 Å². The van der Waals surface area contributed by atoms with E-state index in [0.29, 0.717) is 0 Å². The number of carboxylic acid groups (broad SMARTS) is 1. The molecule has 3 nitrogen and oxygen atoms in total. The fraction of sp³-hybridized carbons (Fsp3) is 0.125. The molecule has 0 aromatic heterocycles. The number of hydrogen-bond donors (Lipinski definition) is 2. The van der Waals surface area contributed by atoms with Gasteiger partial charge in [0.05, 0.1) is 0 Å². The second-order valence-corrected chi connectivity index (χ2v) is 2.23. The molecule has 0 fully saturated rings. The molecule has 1 heterocycles. The zero-order chi connectivity index (χ0) is 8.27. The molecule has 1 rings (SSSR count). The molecule has 58 valence electrons. The summed E-state index contributed by atoms with van der Waals surface area (Å²) in [6.45, 7) is 1.75. The van der Waals surface area contributed by atoms with Crippen LogP contribution in [0.3, 0.4) is 0 Å². The van der Waals surface area contributed by atoms with Crippen LogP contribution >= 0.6 is 0 Å². The Kier molecular flexibility index (Phi) is 2.11. The van der Waals surface area contributed by atoms with Crippen molar-refractivity contribution in [2.75, 3.05) is 0 Å². The lowest BCUT2D eigenvalue weighted by Crippen LogP contribution is -2.15. The first-order valence-corrected chi connectivity index (χ1v) is 3.26. The van der Waals surface area contributed by atoms with Crippen molar-refractivity contribution in [3.05, 3.63) is 35.7 Å². The highest BCUT2D eigenvalue weighted by Crippen LogP contribution is 2.05. The van der Waals surface area contributed by atoms with E-state index in [4.69, 9.17) is 5.11 Å². The lowest BCUT2D eigenvalue weighted by molar-refractivity contribution is -0.133. The Morgan fingerprint density at radius 1 is 1.55 bits per heavy atom. The molecule has 0 saturated heterocycles. The quantitative estimate of drug-likeness (QED) is 0.588. The Morgan fingerprint density at radius 3 is 2.91 bits per heavy atom. The van der Waals surface area contributed by atoms with Gasteiger partial charge in [0.15, 0.2) is 0 Å². The fourth-order valence-electron chi connectivity index (χ4n) is 0.814. The molecule has 0 unspecified atom stereocenters. The SMILES string of the molecule is CC1=C(C(=O)O)NC=CC=C1. The predicted molar refractivity (Wildman–Crippen MR) is 41.8 cm³/mol. The van der Waals surface area contributed by atoms with Gasteiger partial charge in [0, 0.05) is 6.20 Å². The lowest BCUT2D eigenvalue weighted by atomic mass is 10.2. The molecule has 1 aliphatic heterocycles. The Balaban J connectivity index is 2.98. The van der Waals surface area contributed by atoms with Crippen molar-refractivity contribution in [1.29, 1.82) is 0 Å². The van der Waals surface area contributed by atoms with Crippen LogP contribution in [0.4, 0.5) is 0 Å². The van der Waals surface area contributed by atoms with Crippen LogP contribution in [0.5, 0.6) is 0 Å². The summed E-state index contributed by atoms with van der Waals surface area (Å²) in [5.74, 6) is -0.932.